The Morgan fingerprint density at radius 1 is 1.08 bits per heavy atom. The van der Waals surface area contributed by atoms with Gasteiger partial charge in [-0.3, -0.25) is 14.0 Å². The molecule has 0 aliphatic carbocycles. The zero-order chi connectivity index (χ0) is 26.2. The molecule has 6 aromatic rings. The van der Waals surface area contributed by atoms with E-state index in [0.717, 1.165) is 27.8 Å². The summed E-state index contributed by atoms with van der Waals surface area (Å²) in [7, 11) is 1.86. The van der Waals surface area contributed by atoms with Crippen molar-refractivity contribution < 1.29 is 4.79 Å². The molecule has 4 heterocycles. The number of aryl methyl sites for hydroxylation is 1. The van der Waals surface area contributed by atoms with Crippen molar-refractivity contribution in [2.45, 2.75) is 13.0 Å². The summed E-state index contributed by atoms with van der Waals surface area (Å²) in [6.07, 6.45) is 6.89. The molecule has 0 saturated carbocycles. The fourth-order valence-corrected chi connectivity index (χ4v) is 4.45. The van der Waals surface area contributed by atoms with Gasteiger partial charge in [-0.15, -0.1) is 5.10 Å². The Hall–Kier alpha value is -5.43. The van der Waals surface area contributed by atoms with Crippen LogP contribution >= 0.6 is 0 Å². The number of fused-ring (bicyclic) bond motifs is 2. The molecule has 3 N–H and O–H groups in total. The van der Waals surface area contributed by atoms with Gasteiger partial charge < -0.3 is 11.1 Å². The standard InChI is InChI=1S/C28H23N9O/c1-18(32-28(38)23-25(29)34-36-15-7-14-30-27(23)36)26-33-22-11-6-8-20(13-12-19-16-31-35(2)17-19)24(22)37(26)21-9-4-3-5-10-21/h3-11,14-18H,1-2H3,(H2,29,34)(H,32,38)/t18-/m1/s1. The number of carbonyl (C=O) groups is 1. The first-order valence-corrected chi connectivity index (χ1v) is 12.0. The summed E-state index contributed by atoms with van der Waals surface area (Å²) in [4.78, 5) is 22.6. The van der Waals surface area contributed by atoms with Gasteiger partial charge in [0.1, 0.15) is 11.4 Å². The van der Waals surface area contributed by atoms with E-state index >= 15 is 0 Å². The highest BCUT2D eigenvalue weighted by Gasteiger charge is 2.25. The number of para-hydroxylation sites is 2. The molecule has 186 valence electrons. The monoisotopic (exact) mass is 501 g/mol. The highest BCUT2D eigenvalue weighted by molar-refractivity contribution is 6.04. The van der Waals surface area contributed by atoms with Crippen LogP contribution in [0.4, 0.5) is 5.82 Å². The second kappa shape index (κ2) is 9.22. The number of nitrogens with one attached hydrogen (secondary N) is 1. The van der Waals surface area contributed by atoms with Crippen LogP contribution in [0.3, 0.4) is 0 Å². The van der Waals surface area contributed by atoms with Gasteiger partial charge in [0.2, 0.25) is 0 Å². The number of hydrogen-bond acceptors (Lipinski definition) is 6. The Morgan fingerprint density at radius 3 is 2.71 bits per heavy atom. The number of benzene rings is 2. The number of nitrogens with zero attached hydrogens (tertiary/aromatic N) is 7. The molecule has 0 saturated heterocycles. The second-order valence-electron chi connectivity index (χ2n) is 8.81. The summed E-state index contributed by atoms with van der Waals surface area (Å²) >= 11 is 0. The SMILES string of the molecule is C[C@@H](NC(=O)c1c(N)nn2cccnc12)c1nc2cccc(C#Cc3cnn(C)c3)c2n1-c1ccccc1. The quantitative estimate of drug-likeness (QED) is 0.358. The van der Waals surface area contributed by atoms with Crippen molar-refractivity contribution in [3.8, 4) is 17.5 Å². The third-order valence-corrected chi connectivity index (χ3v) is 6.15. The van der Waals surface area contributed by atoms with Crippen LogP contribution in [-0.4, -0.2) is 39.8 Å². The first-order chi connectivity index (χ1) is 18.5. The average molecular weight is 502 g/mol. The summed E-state index contributed by atoms with van der Waals surface area (Å²) in [5.74, 6) is 6.85. The number of amides is 1. The Labute approximate surface area is 217 Å². The molecule has 6 rings (SSSR count). The molecule has 0 radical (unpaired) electrons. The summed E-state index contributed by atoms with van der Waals surface area (Å²) in [6.45, 7) is 1.88. The van der Waals surface area contributed by atoms with Gasteiger partial charge in [-0.2, -0.15) is 5.10 Å². The molecular weight excluding hydrogens is 478 g/mol. The Kier molecular flexibility index (Phi) is 5.58. The molecule has 10 nitrogen and oxygen atoms in total. The molecule has 4 aromatic heterocycles. The molecule has 2 aromatic carbocycles. The van der Waals surface area contributed by atoms with Gasteiger partial charge in [0.05, 0.1) is 34.4 Å². The summed E-state index contributed by atoms with van der Waals surface area (Å²) in [5.41, 5.74) is 10.8. The van der Waals surface area contributed by atoms with Gasteiger partial charge in [0, 0.05) is 31.3 Å². The minimum Gasteiger partial charge on any atom is -0.381 e. The summed E-state index contributed by atoms with van der Waals surface area (Å²) in [6, 6.07) is 16.9. The van der Waals surface area contributed by atoms with Gasteiger partial charge >= 0.3 is 0 Å². The molecule has 0 aliphatic rings. The maximum atomic E-state index is 13.4. The lowest BCUT2D eigenvalue weighted by atomic mass is 10.1. The largest absolute Gasteiger partial charge is 0.381 e. The van der Waals surface area contributed by atoms with E-state index in [9.17, 15) is 4.79 Å². The van der Waals surface area contributed by atoms with Crippen LogP contribution in [0.25, 0.3) is 22.4 Å². The molecule has 0 bridgehead atoms. The number of aromatic nitrogens is 7. The summed E-state index contributed by atoms with van der Waals surface area (Å²) in [5, 5.41) is 11.4. The van der Waals surface area contributed by atoms with Crippen molar-refractivity contribution in [3.63, 3.8) is 0 Å². The molecule has 0 spiro atoms. The molecule has 0 unspecified atom stereocenters. The van der Waals surface area contributed by atoms with E-state index in [1.807, 2.05) is 73.3 Å². The highest BCUT2D eigenvalue weighted by atomic mass is 16.1. The van der Waals surface area contributed by atoms with Crippen molar-refractivity contribution in [2.24, 2.45) is 7.05 Å². The molecule has 0 fully saturated rings. The number of rotatable bonds is 4. The van der Waals surface area contributed by atoms with Gasteiger partial charge in [-0.25, -0.2) is 14.5 Å². The van der Waals surface area contributed by atoms with E-state index in [2.05, 4.69) is 32.3 Å². The van der Waals surface area contributed by atoms with E-state index in [4.69, 9.17) is 10.7 Å². The van der Waals surface area contributed by atoms with Gasteiger partial charge in [-0.05, 0) is 37.3 Å². The zero-order valence-electron chi connectivity index (χ0n) is 20.7. The van der Waals surface area contributed by atoms with Crippen LogP contribution in [-0.2, 0) is 7.05 Å². The maximum Gasteiger partial charge on any atom is 0.259 e. The summed E-state index contributed by atoms with van der Waals surface area (Å²) < 4.78 is 5.24. The fourth-order valence-electron chi connectivity index (χ4n) is 4.45. The highest BCUT2D eigenvalue weighted by Crippen LogP contribution is 2.28. The molecule has 10 heteroatoms. The maximum absolute atomic E-state index is 13.4. The van der Waals surface area contributed by atoms with Crippen LogP contribution in [0.5, 0.6) is 0 Å². The predicted molar refractivity (Wildman–Crippen MR) is 144 cm³/mol. The van der Waals surface area contributed by atoms with Gasteiger partial charge in [-0.1, -0.05) is 36.1 Å². The average Bonchev–Trinajstić information content (AvgIpc) is 3.62. The lowest BCUT2D eigenvalue weighted by molar-refractivity contribution is 0.0940. The van der Waals surface area contributed by atoms with Crippen molar-refractivity contribution in [3.05, 3.63) is 102 Å². The Balaban J connectivity index is 1.45. The molecule has 1 atom stereocenters. The van der Waals surface area contributed by atoms with Gasteiger partial charge in [0.15, 0.2) is 11.5 Å². The predicted octanol–water partition coefficient (Wildman–Crippen LogP) is 3.27. The third kappa shape index (κ3) is 4.02. The van der Waals surface area contributed by atoms with Crippen molar-refractivity contribution in [2.75, 3.05) is 5.73 Å². The fraction of sp³-hybridized carbons (Fsp3) is 0.107. The van der Waals surface area contributed by atoms with E-state index in [0.29, 0.717) is 11.5 Å². The third-order valence-electron chi connectivity index (χ3n) is 6.15. The first-order valence-electron chi connectivity index (χ1n) is 12.0. The lowest BCUT2D eigenvalue weighted by Gasteiger charge is -2.16. The van der Waals surface area contributed by atoms with Crippen LogP contribution in [0.2, 0.25) is 0 Å². The normalized spacial score (nSPS) is 11.8. The molecule has 38 heavy (non-hydrogen) atoms. The first kappa shape index (κ1) is 23.0. The Morgan fingerprint density at radius 2 is 1.92 bits per heavy atom. The molecular formula is C28H23N9O. The van der Waals surface area contributed by atoms with Crippen molar-refractivity contribution in [1.29, 1.82) is 0 Å². The van der Waals surface area contributed by atoms with E-state index in [1.54, 1.807) is 29.3 Å². The Bertz CT molecular complexity index is 1870. The van der Waals surface area contributed by atoms with Crippen LogP contribution in [0.15, 0.2) is 79.4 Å². The van der Waals surface area contributed by atoms with Crippen molar-refractivity contribution >= 4 is 28.4 Å². The van der Waals surface area contributed by atoms with Crippen LogP contribution in [0.1, 0.15) is 40.3 Å². The number of hydrogen-bond donors (Lipinski definition) is 2. The van der Waals surface area contributed by atoms with E-state index in [-0.39, 0.29) is 17.3 Å². The van der Waals surface area contributed by atoms with E-state index < -0.39 is 6.04 Å². The molecule has 0 aliphatic heterocycles. The van der Waals surface area contributed by atoms with Crippen LogP contribution < -0.4 is 11.1 Å². The van der Waals surface area contributed by atoms with Crippen molar-refractivity contribution in [1.82, 2.24) is 39.2 Å². The topological polar surface area (TPSA) is 121 Å². The number of anilines is 1. The van der Waals surface area contributed by atoms with E-state index in [1.165, 1.54) is 4.52 Å². The van der Waals surface area contributed by atoms with Gasteiger partial charge in [0.25, 0.3) is 5.91 Å². The van der Waals surface area contributed by atoms with Crippen LogP contribution in [0, 0.1) is 11.8 Å². The lowest BCUT2D eigenvalue weighted by Crippen LogP contribution is -2.29. The smallest absolute Gasteiger partial charge is 0.259 e. The minimum atomic E-state index is -0.479. The second-order valence-corrected chi connectivity index (χ2v) is 8.81. The number of nitrogen functional groups attached to an aromatic ring is 1. The molecule has 1 amide bonds. The minimum absolute atomic E-state index is 0.109. The number of imidazole rings is 1. The zero-order valence-corrected chi connectivity index (χ0v) is 20.7. The number of carbonyl (C=O) groups excluding carboxylic acids is 1. The number of nitrogens with two attached hydrogens (primary N) is 1.